The van der Waals surface area contributed by atoms with Gasteiger partial charge in [-0.15, -0.1) is 0 Å². The molecule has 0 radical (unpaired) electrons. The van der Waals surface area contributed by atoms with Crippen LogP contribution in [0.3, 0.4) is 0 Å². The predicted molar refractivity (Wildman–Crippen MR) is 111 cm³/mol. The molecule has 4 rings (SSSR count). The lowest BCUT2D eigenvalue weighted by atomic mass is 9.45. The summed E-state index contributed by atoms with van der Waals surface area (Å²) in [5.74, 6) is -1.60. The van der Waals surface area contributed by atoms with Gasteiger partial charge in [0.25, 0.3) is 5.91 Å². The van der Waals surface area contributed by atoms with Crippen LogP contribution in [0.2, 0.25) is 0 Å². The number of rotatable bonds is 3. The number of halogens is 1. The van der Waals surface area contributed by atoms with E-state index in [9.17, 15) is 19.8 Å². The first kappa shape index (κ1) is 21.7. The SMILES string of the molecule is CCCNC(=O)[C@@]1(O)[C@H](C)CC2C3CC=C4CC(=O)C=C[C@]4(C)[C@@]3(F)[C@@H](O)C[C@@]21C. The molecule has 0 aliphatic heterocycles. The third-order valence-electron chi connectivity index (χ3n) is 9.07. The number of fused-ring (bicyclic) bond motifs is 5. The van der Waals surface area contributed by atoms with Gasteiger partial charge >= 0.3 is 0 Å². The van der Waals surface area contributed by atoms with Gasteiger partial charge in [0.15, 0.2) is 17.1 Å². The molecule has 4 aliphatic carbocycles. The van der Waals surface area contributed by atoms with Crippen LogP contribution in [0.4, 0.5) is 4.39 Å². The lowest BCUT2D eigenvalue weighted by molar-refractivity contribution is -0.215. The van der Waals surface area contributed by atoms with E-state index < -0.39 is 40.0 Å². The van der Waals surface area contributed by atoms with Crippen molar-refractivity contribution in [1.82, 2.24) is 5.32 Å². The lowest BCUT2D eigenvalue weighted by Crippen LogP contribution is -2.69. The molecule has 0 aromatic carbocycles. The second kappa shape index (κ2) is 6.73. The summed E-state index contributed by atoms with van der Waals surface area (Å²) in [4.78, 5) is 25.0. The molecule has 166 valence electrons. The van der Waals surface area contributed by atoms with Crippen LogP contribution in [-0.4, -0.2) is 45.8 Å². The van der Waals surface area contributed by atoms with Gasteiger partial charge in [0.05, 0.1) is 6.10 Å². The highest BCUT2D eigenvalue weighted by Crippen LogP contribution is 2.70. The largest absolute Gasteiger partial charge is 0.390 e. The van der Waals surface area contributed by atoms with Crippen molar-refractivity contribution in [2.45, 2.75) is 77.2 Å². The second-order valence-corrected chi connectivity index (χ2v) is 10.4. The Morgan fingerprint density at radius 1 is 1.33 bits per heavy atom. The van der Waals surface area contributed by atoms with Crippen LogP contribution >= 0.6 is 0 Å². The highest BCUT2D eigenvalue weighted by molar-refractivity contribution is 5.93. The molecule has 0 saturated heterocycles. The van der Waals surface area contributed by atoms with E-state index in [0.717, 1.165) is 12.0 Å². The molecule has 0 bridgehead atoms. The summed E-state index contributed by atoms with van der Waals surface area (Å²) in [6.45, 7) is 7.89. The number of aliphatic hydroxyl groups excluding tert-OH is 1. The molecule has 3 N–H and O–H groups in total. The van der Waals surface area contributed by atoms with E-state index in [0.29, 0.717) is 19.4 Å². The molecule has 1 amide bonds. The summed E-state index contributed by atoms with van der Waals surface area (Å²) in [6.07, 6.45) is 5.56. The van der Waals surface area contributed by atoms with Gasteiger partial charge in [-0.3, -0.25) is 9.59 Å². The molecule has 0 aromatic heterocycles. The Morgan fingerprint density at radius 2 is 2.03 bits per heavy atom. The molecule has 8 atom stereocenters. The zero-order valence-electron chi connectivity index (χ0n) is 18.4. The van der Waals surface area contributed by atoms with Crippen molar-refractivity contribution >= 4 is 11.7 Å². The number of amides is 1. The van der Waals surface area contributed by atoms with Gasteiger partial charge in [-0.1, -0.05) is 38.5 Å². The minimum Gasteiger partial charge on any atom is -0.390 e. The highest BCUT2D eigenvalue weighted by atomic mass is 19.1. The molecular weight excluding hydrogens is 385 g/mol. The van der Waals surface area contributed by atoms with Gasteiger partial charge in [-0.25, -0.2) is 4.39 Å². The summed E-state index contributed by atoms with van der Waals surface area (Å²) in [5, 5.41) is 25.8. The lowest BCUT2D eigenvalue weighted by Gasteiger charge is -2.61. The average molecular weight is 420 g/mol. The zero-order chi connectivity index (χ0) is 22.1. The highest BCUT2D eigenvalue weighted by Gasteiger charge is 2.75. The van der Waals surface area contributed by atoms with Gasteiger partial charge in [-0.2, -0.15) is 0 Å². The maximum Gasteiger partial charge on any atom is 0.252 e. The average Bonchev–Trinajstić information content (AvgIpc) is 2.89. The van der Waals surface area contributed by atoms with E-state index in [2.05, 4.69) is 5.32 Å². The predicted octanol–water partition coefficient (Wildman–Crippen LogP) is 2.86. The molecule has 2 saturated carbocycles. The van der Waals surface area contributed by atoms with Crippen LogP contribution < -0.4 is 5.32 Å². The topological polar surface area (TPSA) is 86.6 Å². The van der Waals surface area contributed by atoms with Crippen molar-refractivity contribution in [2.24, 2.45) is 28.6 Å². The Labute approximate surface area is 177 Å². The van der Waals surface area contributed by atoms with Crippen LogP contribution in [0.25, 0.3) is 0 Å². The molecule has 5 nitrogen and oxygen atoms in total. The molecule has 2 fully saturated rings. The summed E-state index contributed by atoms with van der Waals surface area (Å²) in [7, 11) is 0. The smallest absolute Gasteiger partial charge is 0.252 e. The van der Waals surface area contributed by atoms with E-state index in [1.807, 2.05) is 26.8 Å². The van der Waals surface area contributed by atoms with Crippen molar-refractivity contribution in [3.63, 3.8) is 0 Å². The van der Waals surface area contributed by atoms with Crippen LogP contribution in [0.1, 0.15) is 59.8 Å². The standard InChI is InChI=1S/C24H34FNO4/c1-5-10-26-20(29)24(30)14(2)11-18-17-7-6-15-12-16(27)8-9-21(15,3)23(17,25)19(28)13-22(18,24)4/h6,8-9,14,17-19,28,30H,5,7,10-13H2,1-4H3,(H,26,29)/t14-,17?,18?,19+,21+,22+,23+,24+/m1/s1. The molecule has 0 aromatic rings. The maximum absolute atomic E-state index is 17.0. The molecule has 6 heteroatoms. The van der Waals surface area contributed by atoms with Gasteiger partial charge in [0.1, 0.15) is 0 Å². The van der Waals surface area contributed by atoms with Crippen LogP contribution in [0.5, 0.6) is 0 Å². The summed E-state index contributed by atoms with van der Waals surface area (Å²) < 4.78 is 17.0. The van der Waals surface area contributed by atoms with Crippen molar-refractivity contribution in [2.75, 3.05) is 6.54 Å². The molecule has 0 heterocycles. The normalized spacial score (nSPS) is 49.7. The number of nitrogens with one attached hydrogen (secondary N) is 1. The van der Waals surface area contributed by atoms with Crippen molar-refractivity contribution in [3.05, 3.63) is 23.8 Å². The minimum atomic E-state index is -1.94. The maximum atomic E-state index is 17.0. The van der Waals surface area contributed by atoms with Crippen LogP contribution in [-0.2, 0) is 9.59 Å². The second-order valence-electron chi connectivity index (χ2n) is 10.4. The van der Waals surface area contributed by atoms with Crippen LogP contribution in [0.15, 0.2) is 23.8 Å². The van der Waals surface area contributed by atoms with Crippen molar-refractivity contribution in [3.8, 4) is 0 Å². The first-order chi connectivity index (χ1) is 14.0. The number of carbonyl (C=O) groups is 2. The fourth-order valence-corrected chi connectivity index (χ4v) is 7.31. The quantitative estimate of drug-likeness (QED) is 0.614. The molecule has 0 spiro atoms. The first-order valence-corrected chi connectivity index (χ1v) is 11.3. The minimum absolute atomic E-state index is 0.00963. The molecule has 2 unspecified atom stereocenters. The van der Waals surface area contributed by atoms with Gasteiger partial charge < -0.3 is 15.5 Å². The Kier molecular flexibility index (Phi) is 4.87. The third kappa shape index (κ3) is 2.41. The summed E-state index contributed by atoms with van der Waals surface area (Å²) in [6, 6.07) is 0. The summed E-state index contributed by atoms with van der Waals surface area (Å²) >= 11 is 0. The zero-order valence-corrected chi connectivity index (χ0v) is 18.4. The Morgan fingerprint density at radius 3 is 2.70 bits per heavy atom. The fourth-order valence-electron chi connectivity index (χ4n) is 7.31. The Bertz CT molecular complexity index is 839. The fraction of sp³-hybridized carbons (Fsp3) is 0.750. The van der Waals surface area contributed by atoms with E-state index in [1.54, 1.807) is 13.0 Å². The number of carbonyl (C=O) groups excluding carboxylic acids is 2. The number of alkyl halides is 1. The van der Waals surface area contributed by atoms with E-state index in [-0.39, 0.29) is 30.5 Å². The van der Waals surface area contributed by atoms with E-state index in [1.165, 1.54) is 6.08 Å². The number of hydrogen-bond donors (Lipinski definition) is 3. The Balaban J connectivity index is 1.79. The van der Waals surface area contributed by atoms with Crippen LogP contribution in [0, 0.1) is 28.6 Å². The monoisotopic (exact) mass is 419 g/mol. The molecule has 30 heavy (non-hydrogen) atoms. The molecule has 4 aliphatic rings. The summed E-state index contributed by atoms with van der Waals surface area (Å²) in [5.41, 5.74) is -4.85. The first-order valence-electron chi connectivity index (χ1n) is 11.3. The third-order valence-corrected chi connectivity index (χ3v) is 9.07. The number of hydrogen-bond acceptors (Lipinski definition) is 4. The van der Waals surface area contributed by atoms with Gasteiger partial charge in [-0.05, 0) is 50.5 Å². The van der Waals surface area contributed by atoms with E-state index >= 15 is 4.39 Å². The van der Waals surface area contributed by atoms with Crippen molar-refractivity contribution < 1.29 is 24.2 Å². The number of ketones is 1. The molecular formula is C24H34FNO4. The van der Waals surface area contributed by atoms with Gasteiger partial charge in [0.2, 0.25) is 0 Å². The van der Waals surface area contributed by atoms with Crippen molar-refractivity contribution in [1.29, 1.82) is 0 Å². The number of allylic oxidation sites excluding steroid dienone is 4. The van der Waals surface area contributed by atoms with E-state index in [4.69, 9.17) is 0 Å². The number of aliphatic hydroxyl groups is 2. The van der Waals surface area contributed by atoms with Gasteiger partial charge in [0, 0.05) is 29.7 Å². The Hall–Kier alpha value is -1.53.